The van der Waals surface area contributed by atoms with Gasteiger partial charge in [0, 0.05) is 25.1 Å². The van der Waals surface area contributed by atoms with E-state index in [4.69, 9.17) is 4.74 Å². The van der Waals surface area contributed by atoms with Gasteiger partial charge in [-0.2, -0.15) is 8.78 Å². The van der Waals surface area contributed by atoms with Crippen molar-refractivity contribution < 1.29 is 22.3 Å². The molecule has 0 saturated heterocycles. The Hall–Kier alpha value is -1.86. The molecule has 0 aliphatic rings. The lowest BCUT2D eigenvalue weighted by atomic mass is 10.1. The summed E-state index contributed by atoms with van der Waals surface area (Å²) in [6.07, 6.45) is 8.16. The third kappa shape index (κ3) is 6.22. The van der Waals surface area contributed by atoms with E-state index in [-0.39, 0.29) is 6.61 Å². The molecular formula is C27H32F4OS2. The van der Waals surface area contributed by atoms with E-state index < -0.39 is 34.6 Å². The Kier molecular flexibility index (Phi) is 9.60. The van der Waals surface area contributed by atoms with Gasteiger partial charge in [-0.3, -0.25) is 0 Å². The van der Waals surface area contributed by atoms with Gasteiger partial charge in [-0.25, -0.2) is 8.78 Å². The third-order valence-electron chi connectivity index (χ3n) is 6.01. The van der Waals surface area contributed by atoms with Crippen LogP contribution in [0.3, 0.4) is 0 Å². The van der Waals surface area contributed by atoms with Crippen LogP contribution >= 0.6 is 22.7 Å². The van der Waals surface area contributed by atoms with Crippen LogP contribution in [0.5, 0.6) is 5.75 Å². The van der Waals surface area contributed by atoms with Gasteiger partial charge in [0.25, 0.3) is 0 Å². The maximum absolute atomic E-state index is 14.0. The molecule has 0 aliphatic carbocycles. The predicted octanol–water partition coefficient (Wildman–Crippen LogP) is 9.48. The molecule has 34 heavy (non-hydrogen) atoms. The van der Waals surface area contributed by atoms with Crippen LogP contribution in [-0.4, -0.2) is 6.61 Å². The Morgan fingerprint density at radius 1 is 0.735 bits per heavy atom. The van der Waals surface area contributed by atoms with Gasteiger partial charge in [-0.1, -0.05) is 26.2 Å². The molecular weight excluding hydrogens is 480 g/mol. The van der Waals surface area contributed by atoms with Crippen LogP contribution in [-0.2, 0) is 12.8 Å². The van der Waals surface area contributed by atoms with Gasteiger partial charge in [0.1, 0.15) is 0 Å². The molecule has 0 saturated carbocycles. The van der Waals surface area contributed by atoms with Crippen molar-refractivity contribution in [3.05, 3.63) is 61.8 Å². The van der Waals surface area contributed by atoms with Crippen molar-refractivity contribution in [1.82, 2.24) is 0 Å². The highest BCUT2D eigenvalue weighted by molar-refractivity contribution is 7.22. The number of unbranched alkanes of at least 4 members (excludes halogenated alkanes) is 4. The lowest BCUT2D eigenvalue weighted by molar-refractivity contribution is 0.264. The molecule has 0 bridgehead atoms. The zero-order valence-electron chi connectivity index (χ0n) is 20.3. The minimum absolute atomic E-state index is 0.0196. The fraction of sp³-hybridized carbons (Fsp3) is 0.481. The van der Waals surface area contributed by atoms with Gasteiger partial charge in [0.15, 0.2) is 17.4 Å². The van der Waals surface area contributed by atoms with E-state index in [1.165, 1.54) is 56.3 Å². The van der Waals surface area contributed by atoms with Gasteiger partial charge >= 0.3 is 0 Å². The normalized spacial score (nSPS) is 11.4. The Balaban J connectivity index is 1.59. The van der Waals surface area contributed by atoms with E-state index in [0.29, 0.717) is 6.42 Å². The first-order valence-electron chi connectivity index (χ1n) is 11.9. The van der Waals surface area contributed by atoms with Crippen molar-refractivity contribution in [3.8, 4) is 15.5 Å². The number of ether oxygens (including phenoxy) is 1. The quantitative estimate of drug-likeness (QED) is 0.133. The second kappa shape index (κ2) is 12.2. The number of thiophene rings is 2. The van der Waals surface area contributed by atoms with Crippen LogP contribution < -0.4 is 4.74 Å². The van der Waals surface area contributed by atoms with Crippen molar-refractivity contribution in [2.45, 2.75) is 79.1 Å². The molecule has 186 valence electrons. The summed E-state index contributed by atoms with van der Waals surface area (Å²) in [5.41, 5.74) is 2.00. The number of halogens is 4. The molecule has 0 fully saturated rings. The van der Waals surface area contributed by atoms with Crippen LogP contribution in [0.15, 0.2) is 12.1 Å². The molecule has 0 atom stereocenters. The zero-order chi connectivity index (χ0) is 24.8. The molecule has 3 rings (SSSR count). The Morgan fingerprint density at radius 2 is 1.38 bits per heavy atom. The van der Waals surface area contributed by atoms with Crippen molar-refractivity contribution in [2.75, 3.05) is 6.61 Å². The summed E-state index contributed by atoms with van der Waals surface area (Å²) in [4.78, 5) is 5.19. The number of benzene rings is 1. The van der Waals surface area contributed by atoms with E-state index in [9.17, 15) is 17.6 Å². The molecule has 2 heterocycles. The largest absolute Gasteiger partial charge is 0.487 e. The molecule has 2 aromatic heterocycles. The topological polar surface area (TPSA) is 9.23 Å². The second-order valence-electron chi connectivity index (χ2n) is 8.73. The van der Waals surface area contributed by atoms with Gasteiger partial charge in [-0.15, -0.1) is 22.7 Å². The van der Waals surface area contributed by atoms with Crippen LogP contribution in [0.25, 0.3) is 9.75 Å². The minimum atomic E-state index is -1.48. The lowest BCUT2D eigenvalue weighted by Gasteiger charge is -2.11. The Labute approximate surface area is 207 Å². The second-order valence-corrected chi connectivity index (χ2v) is 11.2. The fourth-order valence-electron chi connectivity index (χ4n) is 4.02. The van der Waals surface area contributed by atoms with Gasteiger partial charge in [-0.05, 0) is 76.1 Å². The number of hydrogen-bond donors (Lipinski definition) is 0. The van der Waals surface area contributed by atoms with Crippen LogP contribution in [0.2, 0.25) is 0 Å². The van der Waals surface area contributed by atoms with Crippen molar-refractivity contribution in [2.24, 2.45) is 0 Å². The van der Waals surface area contributed by atoms with E-state index >= 15 is 0 Å². The molecule has 0 unspecified atom stereocenters. The molecule has 7 heteroatoms. The van der Waals surface area contributed by atoms with Gasteiger partial charge < -0.3 is 4.74 Å². The van der Waals surface area contributed by atoms with Crippen molar-refractivity contribution in [1.29, 1.82) is 0 Å². The van der Waals surface area contributed by atoms with E-state index in [1.807, 2.05) is 11.3 Å². The summed E-state index contributed by atoms with van der Waals surface area (Å²) in [7, 11) is 0. The average Bonchev–Trinajstić information content (AvgIpc) is 3.37. The zero-order valence-corrected chi connectivity index (χ0v) is 21.9. The molecule has 1 nitrogen and oxygen atoms in total. The number of rotatable bonds is 12. The Morgan fingerprint density at radius 3 is 2.06 bits per heavy atom. The monoisotopic (exact) mass is 512 g/mol. The molecule has 0 aliphatic heterocycles. The molecule has 3 aromatic rings. The summed E-state index contributed by atoms with van der Waals surface area (Å²) >= 11 is 3.63. The molecule has 0 amide bonds. The molecule has 1 aromatic carbocycles. The van der Waals surface area contributed by atoms with Crippen LogP contribution in [0, 0.1) is 44.0 Å². The van der Waals surface area contributed by atoms with E-state index in [0.717, 1.165) is 26.2 Å². The Bertz CT molecular complexity index is 1090. The number of hydrogen-bond acceptors (Lipinski definition) is 3. The van der Waals surface area contributed by atoms with E-state index in [2.05, 4.69) is 32.9 Å². The standard InChI is InChI=1S/C27H32F4OS2/c1-5-6-7-8-11-19-15-21(34-18(19)4)27-20(14-16(2)33-27)12-9-10-13-32-26-24(30)22(28)17(3)23(29)25(26)31/h14-15H,5-13H2,1-4H3. The van der Waals surface area contributed by atoms with Crippen molar-refractivity contribution in [3.63, 3.8) is 0 Å². The summed E-state index contributed by atoms with van der Waals surface area (Å²) in [5, 5.41) is 0. The van der Waals surface area contributed by atoms with Gasteiger partial charge in [0.2, 0.25) is 11.6 Å². The summed E-state index contributed by atoms with van der Waals surface area (Å²) in [6, 6.07) is 4.52. The summed E-state index contributed by atoms with van der Waals surface area (Å²) in [5.74, 6) is -6.77. The molecule has 0 N–H and O–H groups in total. The number of aryl methyl sites for hydroxylation is 4. The fourth-order valence-corrected chi connectivity index (χ4v) is 6.29. The van der Waals surface area contributed by atoms with Crippen LogP contribution in [0.4, 0.5) is 17.6 Å². The molecule has 0 spiro atoms. The highest BCUT2D eigenvalue weighted by Gasteiger charge is 2.24. The van der Waals surface area contributed by atoms with Crippen LogP contribution in [0.1, 0.15) is 71.9 Å². The molecule has 0 radical (unpaired) electrons. The van der Waals surface area contributed by atoms with E-state index in [1.54, 1.807) is 11.3 Å². The van der Waals surface area contributed by atoms with Gasteiger partial charge in [0.05, 0.1) is 6.61 Å². The SMILES string of the molecule is CCCCCCc1cc(-c2sc(C)cc2CCCCOc2c(F)c(F)c(C)c(F)c2F)sc1C. The van der Waals surface area contributed by atoms with Crippen molar-refractivity contribution >= 4 is 22.7 Å². The summed E-state index contributed by atoms with van der Waals surface area (Å²) < 4.78 is 60.4. The lowest BCUT2D eigenvalue weighted by Crippen LogP contribution is -2.07. The first-order chi connectivity index (χ1) is 16.2. The third-order valence-corrected chi connectivity index (χ3v) is 8.37. The predicted molar refractivity (Wildman–Crippen MR) is 134 cm³/mol. The minimum Gasteiger partial charge on any atom is -0.487 e. The maximum Gasteiger partial charge on any atom is 0.204 e. The highest BCUT2D eigenvalue weighted by Crippen LogP contribution is 2.39. The smallest absolute Gasteiger partial charge is 0.204 e. The maximum atomic E-state index is 14.0. The first-order valence-corrected chi connectivity index (χ1v) is 13.5. The first kappa shape index (κ1) is 26.7. The average molecular weight is 513 g/mol. The highest BCUT2D eigenvalue weighted by atomic mass is 32.1. The summed E-state index contributed by atoms with van der Waals surface area (Å²) in [6.45, 7) is 7.48.